The zero-order chi connectivity index (χ0) is 5.11. The van der Waals surface area contributed by atoms with Crippen LogP contribution in [-0.2, 0) is 0 Å². The normalized spacial score (nSPS) is 17.0. The van der Waals surface area contributed by atoms with Crippen LogP contribution >= 0.6 is 0 Å². The molecule has 1 heterocycles. The lowest BCUT2D eigenvalue weighted by molar-refractivity contribution is -0.124. The number of hydrazone groups is 1. The van der Waals surface area contributed by atoms with Gasteiger partial charge in [0.15, 0.2) is 0 Å². The first-order chi connectivity index (χ1) is 3.39. The van der Waals surface area contributed by atoms with Crippen LogP contribution in [0.3, 0.4) is 0 Å². The molecule has 4 nitrogen and oxygen atoms in total. The smallest absolute Gasteiger partial charge is 0.0531 e. The van der Waals surface area contributed by atoms with E-state index < -0.39 is 0 Å². The molecule has 0 aromatic rings. The maximum Gasteiger partial charge on any atom is 0.0531 e. The molecule has 1 aliphatic rings. The Labute approximate surface area is 40.7 Å². The van der Waals surface area contributed by atoms with Gasteiger partial charge < -0.3 is 0 Å². The highest BCUT2D eigenvalue weighted by Crippen LogP contribution is 1.79. The first kappa shape index (κ1) is 4.14. The average molecular weight is 99.1 g/mol. The standard InChI is InChI=1S/C3H5N3O/c7-6-4-2-1-3-5-6/h1-4,7H. The molecular formula is C3H5N3O. The molecule has 0 saturated heterocycles. The van der Waals surface area contributed by atoms with Crippen molar-refractivity contribution in [2.45, 2.75) is 0 Å². The molecule has 38 valence electrons. The number of rotatable bonds is 0. The molecule has 0 fully saturated rings. The molecule has 2 N–H and O–H groups in total. The predicted octanol–water partition coefficient (Wildman–Crippen LogP) is -0.305. The maximum atomic E-state index is 8.38. The van der Waals surface area contributed by atoms with Gasteiger partial charge >= 0.3 is 0 Å². The van der Waals surface area contributed by atoms with Crippen molar-refractivity contribution in [1.82, 2.24) is 10.7 Å². The number of hydrogen-bond acceptors (Lipinski definition) is 4. The summed E-state index contributed by atoms with van der Waals surface area (Å²) in [6, 6.07) is 0. The summed E-state index contributed by atoms with van der Waals surface area (Å²) in [5.41, 5.74) is 2.39. The SMILES string of the molecule is ON1N=CC=CN1. The highest BCUT2D eigenvalue weighted by atomic mass is 16.6. The predicted molar refractivity (Wildman–Crippen MR) is 24.4 cm³/mol. The fourth-order valence-corrected chi connectivity index (χ4v) is 0.288. The van der Waals surface area contributed by atoms with E-state index in [1.165, 1.54) is 6.21 Å². The Morgan fingerprint density at radius 3 is 2.86 bits per heavy atom. The summed E-state index contributed by atoms with van der Waals surface area (Å²) in [5, 5.41) is 12.4. The zero-order valence-corrected chi connectivity index (χ0v) is 3.57. The van der Waals surface area contributed by atoms with E-state index in [0.29, 0.717) is 5.28 Å². The van der Waals surface area contributed by atoms with E-state index in [0.717, 1.165) is 0 Å². The van der Waals surface area contributed by atoms with Crippen molar-refractivity contribution in [1.29, 1.82) is 0 Å². The minimum Gasteiger partial charge on any atom is -0.265 e. The molecule has 1 rings (SSSR count). The monoisotopic (exact) mass is 99.0 g/mol. The van der Waals surface area contributed by atoms with Crippen LogP contribution in [0.25, 0.3) is 0 Å². The summed E-state index contributed by atoms with van der Waals surface area (Å²) in [6.07, 6.45) is 4.70. The third-order valence-electron chi connectivity index (χ3n) is 0.548. The lowest BCUT2D eigenvalue weighted by Gasteiger charge is -2.09. The highest BCUT2D eigenvalue weighted by molar-refractivity contribution is 5.70. The zero-order valence-electron chi connectivity index (χ0n) is 3.57. The van der Waals surface area contributed by atoms with E-state index >= 15 is 0 Å². The summed E-state index contributed by atoms with van der Waals surface area (Å²) in [7, 11) is 0. The van der Waals surface area contributed by atoms with E-state index in [9.17, 15) is 0 Å². The van der Waals surface area contributed by atoms with Crippen LogP contribution in [0.1, 0.15) is 0 Å². The lowest BCUT2D eigenvalue weighted by Crippen LogP contribution is -2.26. The van der Waals surface area contributed by atoms with Crippen LogP contribution in [0.5, 0.6) is 0 Å². The van der Waals surface area contributed by atoms with Crippen molar-refractivity contribution in [3.05, 3.63) is 12.3 Å². The second-order valence-electron chi connectivity index (χ2n) is 1.04. The Balaban J connectivity index is 2.49. The van der Waals surface area contributed by atoms with Gasteiger partial charge in [0.25, 0.3) is 0 Å². The molecule has 0 saturated carbocycles. The maximum absolute atomic E-state index is 8.38. The first-order valence-electron chi connectivity index (χ1n) is 1.84. The minimum atomic E-state index is 0.625. The van der Waals surface area contributed by atoms with Gasteiger partial charge in [0.2, 0.25) is 0 Å². The van der Waals surface area contributed by atoms with Crippen LogP contribution in [0.2, 0.25) is 0 Å². The molecule has 0 radical (unpaired) electrons. The van der Waals surface area contributed by atoms with Gasteiger partial charge in [-0.25, -0.2) is 0 Å². The number of allylic oxidation sites excluding steroid dienone is 1. The first-order valence-corrected chi connectivity index (χ1v) is 1.84. The van der Waals surface area contributed by atoms with Gasteiger partial charge in [0.1, 0.15) is 0 Å². The molecule has 0 aliphatic carbocycles. The number of hydrazine groups is 1. The molecule has 0 aromatic heterocycles. The Morgan fingerprint density at radius 2 is 2.57 bits per heavy atom. The van der Waals surface area contributed by atoms with Crippen LogP contribution in [0.4, 0.5) is 0 Å². The van der Waals surface area contributed by atoms with Gasteiger partial charge in [-0.15, -0.1) is 5.10 Å². The molecule has 0 bridgehead atoms. The van der Waals surface area contributed by atoms with E-state index in [-0.39, 0.29) is 0 Å². The molecule has 0 unspecified atom stereocenters. The number of nitrogens with zero attached hydrogens (tertiary/aromatic N) is 2. The molecule has 0 amide bonds. The number of nitrogens with one attached hydrogen (secondary N) is 1. The Hall–Kier alpha value is -1.03. The topological polar surface area (TPSA) is 47.9 Å². The van der Waals surface area contributed by atoms with Gasteiger partial charge in [-0.1, -0.05) is 5.28 Å². The largest absolute Gasteiger partial charge is 0.265 e. The van der Waals surface area contributed by atoms with Gasteiger partial charge in [-0.3, -0.25) is 10.6 Å². The van der Waals surface area contributed by atoms with Crippen LogP contribution in [0.15, 0.2) is 17.4 Å². The van der Waals surface area contributed by atoms with Gasteiger partial charge in [-0.05, 0) is 6.08 Å². The van der Waals surface area contributed by atoms with E-state index in [1.807, 2.05) is 0 Å². The second-order valence-corrected chi connectivity index (χ2v) is 1.04. The lowest BCUT2D eigenvalue weighted by atomic mass is 10.7. The fourth-order valence-electron chi connectivity index (χ4n) is 0.288. The summed E-state index contributed by atoms with van der Waals surface area (Å²) < 4.78 is 0. The van der Waals surface area contributed by atoms with E-state index in [1.54, 1.807) is 12.3 Å². The molecule has 1 aliphatic heterocycles. The molecule has 0 spiro atoms. The summed E-state index contributed by atoms with van der Waals surface area (Å²) >= 11 is 0. The summed E-state index contributed by atoms with van der Waals surface area (Å²) in [5.74, 6) is 0. The van der Waals surface area contributed by atoms with Crippen molar-refractivity contribution in [3.63, 3.8) is 0 Å². The highest BCUT2D eigenvalue weighted by Gasteiger charge is 1.87. The third kappa shape index (κ3) is 0.902. The number of hydrogen-bond donors (Lipinski definition) is 2. The Bertz CT molecular complexity index is 109. The van der Waals surface area contributed by atoms with Crippen molar-refractivity contribution < 1.29 is 5.21 Å². The fraction of sp³-hybridized carbons (Fsp3) is 0. The average Bonchev–Trinajstić information content (AvgIpc) is 1.69. The second kappa shape index (κ2) is 1.61. The van der Waals surface area contributed by atoms with Gasteiger partial charge in [0.05, 0.1) is 6.21 Å². The molecule has 7 heavy (non-hydrogen) atoms. The molecule has 0 aromatic carbocycles. The van der Waals surface area contributed by atoms with Gasteiger partial charge in [0, 0.05) is 6.20 Å². The molecular weight excluding hydrogens is 94.1 g/mol. The Morgan fingerprint density at radius 1 is 1.71 bits per heavy atom. The van der Waals surface area contributed by atoms with Crippen molar-refractivity contribution in [3.8, 4) is 0 Å². The van der Waals surface area contributed by atoms with Crippen LogP contribution in [0, 0.1) is 0 Å². The Kier molecular flexibility index (Phi) is 0.953. The molecule has 4 heteroatoms. The summed E-state index contributed by atoms with van der Waals surface area (Å²) in [4.78, 5) is 0. The van der Waals surface area contributed by atoms with Crippen LogP contribution < -0.4 is 5.43 Å². The van der Waals surface area contributed by atoms with Crippen LogP contribution in [-0.4, -0.2) is 16.7 Å². The molecule has 0 atom stereocenters. The summed E-state index contributed by atoms with van der Waals surface area (Å²) in [6.45, 7) is 0. The van der Waals surface area contributed by atoms with Crippen molar-refractivity contribution in [2.75, 3.05) is 0 Å². The third-order valence-corrected chi connectivity index (χ3v) is 0.548. The van der Waals surface area contributed by atoms with Crippen molar-refractivity contribution in [2.24, 2.45) is 5.10 Å². The quantitative estimate of drug-likeness (QED) is 0.438. The minimum absolute atomic E-state index is 0.625. The van der Waals surface area contributed by atoms with Crippen molar-refractivity contribution >= 4 is 6.21 Å². The van der Waals surface area contributed by atoms with E-state index in [2.05, 4.69) is 10.5 Å². The van der Waals surface area contributed by atoms with Gasteiger partial charge in [-0.2, -0.15) is 0 Å². The van der Waals surface area contributed by atoms with E-state index in [4.69, 9.17) is 5.21 Å².